The third-order valence-electron chi connectivity index (χ3n) is 3.61. The Hall–Kier alpha value is -1.62. The van der Waals surface area contributed by atoms with Crippen molar-refractivity contribution in [3.63, 3.8) is 0 Å². The molecular formula is C14H21N3O2. The maximum absolute atomic E-state index is 11.5. The monoisotopic (exact) mass is 263 g/mol. The molecule has 0 atom stereocenters. The molecule has 1 aromatic heterocycles. The largest absolute Gasteiger partial charge is 0.464 e. The van der Waals surface area contributed by atoms with Crippen LogP contribution in [0.15, 0.2) is 18.3 Å². The van der Waals surface area contributed by atoms with Crippen LogP contribution in [-0.2, 0) is 4.74 Å². The average Bonchev–Trinajstić information content (AvgIpc) is 2.48. The van der Waals surface area contributed by atoms with E-state index in [9.17, 15) is 4.79 Å². The van der Waals surface area contributed by atoms with E-state index in [0.29, 0.717) is 5.69 Å². The minimum absolute atomic E-state index is 0.373. The van der Waals surface area contributed by atoms with Crippen molar-refractivity contribution < 1.29 is 9.53 Å². The van der Waals surface area contributed by atoms with E-state index in [1.165, 1.54) is 20.0 Å². The molecule has 5 heteroatoms. The smallest absolute Gasteiger partial charge is 0.356 e. The van der Waals surface area contributed by atoms with Gasteiger partial charge in [-0.1, -0.05) is 0 Å². The molecule has 19 heavy (non-hydrogen) atoms. The van der Waals surface area contributed by atoms with Crippen molar-refractivity contribution in [2.24, 2.45) is 5.92 Å². The zero-order chi connectivity index (χ0) is 13.7. The van der Waals surface area contributed by atoms with E-state index >= 15 is 0 Å². The molecule has 2 rings (SSSR count). The molecule has 1 aliphatic rings. The lowest BCUT2D eigenvalue weighted by Crippen LogP contribution is -2.36. The Morgan fingerprint density at radius 3 is 2.89 bits per heavy atom. The molecular weight excluding hydrogens is 242 g/mol. The van der Waals surface area contributed by atoms with Gasteiger partial charge in [0.15, 0.2) is 0 Å². The highest BCUT2D eigenvalue weighted by molar-refractivity contribution is 5.88. The van der Waals surface area contributed by atoms with E-state index in [4.69, 9.17) is 4.74 Å². The van der Waals surface area contributed by atoms with Crippen molar-refractivity contribution >= 4 is 11.7 Å². The van der Waals surface area contributed by atoms with Crippen LogP contribution >= 0.6 is 0 Å². The van der Waals surface area contributed by atoms with Crippen LogP contribution in [0.3, 0.4) is 0 Å². The summed E-state index contributed by atoms with van der Waals surface area (Å²) in [5.74, 6) is 0.370. The van der Waals surface area contributed by atoms with Gasteiger partial charge in [-0.3, -0.25) is 0 Å². The Labute approximate surface area is 114 Å². The Morgan fingerprint density at radius 2 is 2.26 bits per heavy atom. The molecule has 0 aliphatic carbocycles. The summed E-state index contributed by atoms with van der Waals surface area (Å²) in [6.45, 7) is 3.13. The van der Waals surface area contributed by atoms with Gasteiger partial charge in [-0.2, -0.15) is 0 Å². The first-order valence-corrected chi connectivity index (χ1v) is 6.68. The Kier molecular flexibility index (Phi) is 4.74. The number of nitrogens with zero attached hydrogens (tertiary/aromatic N) is 2. The molecule has 1 fully saturated rings. The number of esters is 1. The van der Waals surface area contributed by atoms with Crippen molar-refractivity contribution in [1.29, 1.82) is 0 Å². The fraction of sp³-hybridized carbons (Fsp3) is 0.571. The van der Waals surface area contributed by atoms with Gasteiger partial charge in [-0.25, -0.2) is 9.78 Å². The van der Waals surface area contributed by atoms with Gasteiger partial charge in [0.1, 0.15) is 5.69 Å². The fourth-order valence-corrected chi connectivity index (χ4v) is 2.52. The second-order valence-electron chi connectivity index (χ2n) is 4.88. The van der Waals surface area contributed by atoms with E-state index in [1.54, 1.807) is 6.20 Å². The number of hydrogen-bond acceptors (Lipinski definition) is 5. The van der Waals surface area contributed by atoms with E-state index in [0.717, 1.165) is 31.2 Å². The minimum Gasteiger partial charge on any atom is -0.464 e. The van der Waals surface area contributed by atoms with Crippen LogP contribution in [0.25, 0.3) is 0 Å². The van der Waals surface area contributed by atoms with Crippen LogP contribution in [0.4, 0.5) is 5.69 Å². The Balaban J connectivity index is 2.01. The van der Waals surface area contributed by atoms with Crippen LogP contribution in [0.2, 0.25) is 0 Å². The quantitative estimate of drug-likeness (QED) is 0.830. The topological polar surface area (TPSA) is 54.5 Å². The summed E-state index contributed by atoms with van der Waals surface area (Å²) >= 11 is 0. The van der Waals surface area contributed by atoms with Crippen LogP contribution in [-0.4, -0.2) is 44.7 Å². The SMILES string of the molecule is CNCC1CCN(c2ccnc(C(=O)OC)c2)CC1. The number of anilines is 1. The molecule has 5 nitrogen and oxygen atoms in total. The molecule has 0 bridgehead atoms. The molecule has 0 saturated carbocycles. The van der Waals surface area contributed by atoms with Crippen LogP contribution < -0.4 is 10.2 Å². The Bertz CT molecular complexity index is 428. The molecule has 1 aliphatic heterocycles. The van der Waals surface area contributed by atoms with Gasteiger partial charge >= 0.3 is 5.97 Å². The molecule has 0 amide bonds. The second kappa shape index (κ2) is 6.52. The van der Waals surface area contributed by atoms with Gasteiger partial charge in [0, 0.05) is 25.0 Å². The molecule has 0 radical (unpaired) electrons. The highest BCUT2D eigenvalue weighted by Crippen LogP contribution is 2.23. The fourth-order valence-electron chi connectivity index (χ4n) is 2.52. The number of carbonyl (C=O) groups is 1. The number of rotatable bonds is 4. The number of pyridine rings is 1. The van der Waals surface area contributed by atoms with Crippen LogP contribution in [0, 0.1) is 5.92 Å². The lowest BCUT2D eigenvalue weighted by atomic mass is 9.96. The van der Waals surface area contributed by atoms with Crippen molar-refractivity contribution in [3.8, 4) is 0 Å². The Morgan fingerprint density at radius 1 is 1.53 bits per heavy atom. The van der Waals surface area contributed by atoms with Crippen LogP contribution in [0.1, 0.15) is 23.3 Å². The molecule has 1 N–H and O–H groups in total. The summed E-state index contributed by atoms with van der Waals surface area (Å²) in [5, 5.41) is 3.23. The van der Waals surface area contributed by atoms with Gasteiger partial charge < -0.3 is 15.0 Å². The van der Waals surface area contributed by atoms with Crippen LogP contribution in [0.5, 0.6) is 0 Å². The number of carbonyl (C=O) groups excluding carboxylic acids is 1. The lowest BCUT2D eigenvalue weighted by molar-refractivity contribution is 0.0594. The summed E-state index contributed by atoms with van der Waals surface area (Å²) in [5.41, 5.74) is 1.43. The number of ether oxygens (including phenoxy) is 1. The van der Waals surface area contributed by atoms with Crippen molar-refractivity contribution in [1.82, 2.24) is 10.3 Å². The zero-order valence-electron chi connectivity index (χ0n) is 11.6. The van der Waals surface area contributed by atoms with Gasteiger partial charge in [0.2, 0.25) is 0 Å². The van der Waals surface area contributed by atoms with E-state index < -0.39 is 0 Å². The highest BCUT2D eigenvalue weighted by atomic mass is 16.5. The molecule has 1 saturated heterocycles. The first-order valence-electron chi connectivity index (χ1n) is 6.68. The molecule has 2 heterocycles. The zero-order valence-corrected chi connectivity index (χ0v) is 11.6. The third kappa shape index (κ3) is 3.44. The number of hydrogen-bond donors (Lipinski definition) is 1. The van der Waals surface area contributed by atoms with Gasteiger partial charge in [-0.05, 0) is 44.5 Å². The summed E-state index contributed by atoms with van der Waals surface area (Å²) in [6.07, 6.45) is 4.02. The number of methoxy groups -OCH3 is 1. The predicted molar refractivity (Wildman–Crippen MR) is 74.4 cm³/mol. The molecule has 1 aromatic rings. The molecule has 0 spiro atoms. The summed E-state index contributed by atoms with van der Waals surface area (Å²) < 4.78 is 4.70. The summed E-state index contributed by atoms with van der Waals surface area (Å²) in [4.78, 5) is 17.8. The van der Waals surface area contributed by atoms with E-state index in [1.807, 2.05) is 19.2 Å². The summed E-state index contributed by atoms with van der Waals surface area (Å²) in [7, 11) is 3.37. The minimum atomic E-state index is -0.382. The number of aromatic nitrogens is 1. The first-order chi connectivity index (χ1) is 9.24. The molecule has 0 aromatic carbocycles. The number of piperidine rings is 1. The normalized spacial score (nSPS) is 16.4. The van der Waals surface area contributed by atoms with Crippen molar-refractivity contribution in [2.75, 3.05) is 38.7 Å². The van der Waals surface area contributed by atoms with E-state index in [-0.39, 0.29) is 5.97 Å². The highest BCUT2D eigenvalue weighted by Gasteiger charge is 2.19. The third-order valence-corrected chi connectivity index (χ3v) is 3.61. The van der Waals surface area contributed by atoms with Gasteiger partial charge in [-0.15, -0.1) is 0 Å². The van der Waals surface area contributed by atoms with Crippen molar-refractivity contribution in [3.05, 3.63) is 24.0 Å². The number of nitrogens with one attached hydrogen (secondary N) is 1. The predicted octanol–water partition coefficient (Wildman–Crippen LogP) is 1.30. The maximum atomic E-state index is 11.5. The first kappa shape index (κ1) is 13.8. The molecule has 0 unspecified atom stereocenters. The lowest BCUT2D eigenvalue weighted by Gasteiger charge is -2.33. The van der Waals surface area contributed by atoms with Crippen molar-refractivity contribution in [2.45, 2.75) is 12.8 Å². The standard InChI is InChI=1S/C14H21N3O2/c1-15-10-11-4-7-17(8-5-11)12-3-6-16-13(9-12)14(18)19-2/h3,6,9,11,15H,4-5,7-8,10H2,1-2H3. The maximum Gasteiger partial charge on any atom is 0.356 e. The van der Waals surface area contributed by atoms with Gasteiger partial charge in [0.05, 0.1) is 7.11 Å². The van der Waals surface area contributed by atoms with Gasteiger partial charge in [0.25, 0.3) is 0 Å². The molecule has 104 valence electrons. The average molecular weight is 263 g/mol. The second-order valence-corrected chi connectivity index (χ2v) is 4.88. The van der Waals surface area contributed by atoms with E-state index in [2.05, 4.69) is 15.2 Å². The summed E-state index contributed by atoms with van der Waals surface area (Å²) in [6, 6.07) is 3.76.